The van der Waals surface area contributed by atoms with Crippen LogP contribution in [0.2, 0.25) is 0 Å². The molecule has 0 N–H and O–H groups in total. The van der Waals surface area contributed by atoms with Gasteiger partial charge in [-0.2, -0.15) is 0 Å². The molecule has 1 saturated heterocycles. The Morgan fingerprint density at radius 1 is 1.54 bits per heavy atom. The number of nitrogens with zero attached hydrogens (tertiary/aromatic N) is 1. The van der Waals surface area contributed by atoms with Crippen molar-refractivity contribution < 1.29 is 4.79 Å². The molecule has 1 aliphatic rings. The Balaban J connectivity index is 2.29. The second kappa shape index (κ2) is 5.92. The molecule has 1 heterocycles. The Labute approximate surface area is 80.6 Å². The summed E-state index contributed by atoms with van der Waals surface area (Å²) >= 11 is 0. The number of aldehydes is 1. The third-order valence-electron chi connectivity index (χ3n) is 2.63. The van der Waals surface area contributed by atoms with Gasteiger partial charge in [-0.1, -0.05) is 19.1 Å². The van der Waals surface area contributed by atoms with Crippen molar-refractivity contribution in [1.82, 2.24) is 4.90 Å². The highest BCUT2D eigenvalue weighted by atomic mass is 16.1. The average molecular weight is 181 g/mol. The summed E-state index contributed by atoms with van der Waals surface area (Å²) in [6.45, 7) is 5.77. The van der Waals surface area contributed by atoms with Gasteiger partial charge in [0.25, 0.3) is 0 Å². The van der Waals surface area contributed by atoms with Crippen LogP contribution in [0.5, 0.6) is 0 Å². The molecule has 1 unspecified atom stereocenters. The zero-order valence-corrected chi connectivity index (χ0v) is 8.41. The molecular formula is C11H19NO. The number of piperidine rings is 1. The van der Waals surface area contributed by atoms with Gasteiger partial charge in [0.05, 0.1) is 0 Å². The van der Waals surface area contributed by atoms with E-state index in [-0.39, 0.29) is 0 Å². The number of rotatable bonds is 4. The first kappa shape index (κ1) is 10.5. The number of hydrogen-bond acceptors (Lipinski definition) is 2. The first-order valence-electron chi connectivity index (χ1n) is 5.19. The van der Waals surface area contributed by atoms with Gasteiger partial charge < -0.3 is 9.69 Å². The summed E-state index contributed by atoms with van der Waals surface area (Å²) < 4.78 is 0. The SMILES string of the molecule is CCN1CCCC(/C=C\CC=O)C1. The fourth-order valence-electron chi connectivity index (χ4n) is 1.86. The maximum absolute atomic E-state index is 10.1. The summed E-state index contributed by atoms with van der Waals surface area (Å²) in [5.74, 6) is 0.675. The molecule has 0 aromatic carbocycles. The fraction of sp³-hybridized carbons (Fsp3) is 0.727. The van der Waals surface area contributed by atoms with Crippen LogP contribution in [-0.4, -0.2) is 30.8 Å². The molecule has 0 amide bonds. The molecule has 0 radical (unpaired) electrons. The van der Waals surface area contributed by atoms with Gasteiger partial charge in [0.2, 0.25) is 0 Å². The van der Waals surface area contributed by atoms with Gasteiger partial charge in [0.1, 0.15) is 6.29 Å². The van der Waals surface area contributed by atoms with Gasteiger partial charge in [0.15, 0.2) is 0 Å². The number of carbonyl (C=O) groups excluding carboxylic acids is 1. The van der Waals surface area contributed by atoms with E-state index in [0.717, 1.165) is 12.8 Å². The molecule has 0 spiro atoms. The maximum atomic E-state index is 10.1. The Morgan fingerprint density at radius 2 is 2.38 bits per heavy atom. The van der Waals surface area contributed by atoms with Crippen LogP contribution in [0.1, 0.15) is 26.2 Å². The summed E-state index contributed by atoms with van der Waals surface area (Å²) in [6, 6.07) is 0. The van der Waals surface area contributed by atoms with E-state index in [0.29, 0.717) is 12.3 Å². The van der Waals surface area contributed by atoms with Crippen LogP contribution in [0, 0.1) is 5.92 Å². The first-order valence-corrected chi connectivity index (χ1v) is 5.19. The molecule has 2 nitrogen and oxygen atoms in total. The zero-order valence-electron chi connectivity index (χ0n) is 8.41. The Hall–Kier alpha value is -0.630. The number of allylic oxidation sites excluding steroid dienone is 1. The Bertz CT molecular complexity index is 177. The summed E-state index contributed by atoms with van der Waals surface area (Å²) in [4.78, 5) is 12.6. The summed E-state index contributed by atoms with van der Waals surface area (Å²) in [5.41, 5.74) is 0. The van der Waals surface area contributed by atoms with E-state index >= 15 is 0 Å². The summed E-state index contributed by atoms with van der Waals surface area (Å²) in [5, 5.41) is 0. The smallest absolute Gasteiger partial charge is 0.123 e. The number of likely N-dealkylation sites (tertiary alicyclic amines) is 1. The lowest BCUT2D eigenvalue weighted by atomic mass is 9.97. The second-order valence-electron chi connectivity index (χ2n) is 3.63. The highest BCUT2D eigenvalue weighted by Crippen LogP contribution is 2.17. The van der Waals surface area contributed by atoms with E-state index in [4.69, 9.17) is 0 Å². The minimum atomic E-state index is 0.572. The standard InChI is InChI=1S/C11H19NO/c1-2-12-8-5-7-11(10-12)6-3-4-9-13/h3,6,9,11H,2,4-5,7-8,10H2,1H3/b6-3-. The molecule has 74 valence electrons. The molecule has 13 heavy (non-hydrogen) atoms. The molecule has 0 bridgehead atoms. The number of hydrogen-bond donors (Lipinski definition) is 0. The van der Waals surface area contributed by atoms with Crippen LogP contribution in [0.15, 0.2) is 12.2 Å². The summed E-state index contributed by atoms with van der Waals surface area (Å²) in [7, 11) is 0. The van der Waals surface area contributed by atoms with Crippen LogP contribution in [-0.2, 0) is 4.79 Å². The van der Waals surface area contributed by atoms with Gasteiger partial charge >= 0.3 is 0 Å². The van der Waals surface area contributed by atoms with Crippen molar-refractivity contribution in [2.24, 2.45) is 5.92 Å². The first-order chi connectivity index (χ1) is 6.36. The van der Waals surface area contributed by atoms with Crippen LogP contribution in [0.3, 0.4) is 0 Å². The molecule has 0 saturated carbocycles. The Kier molecular flexibility index (Phi) is 4.76. The van der Waals surface area contributed by atoms with Gasteiger partial charge in [-0.15, -0.1) is 0 Å². The normalized spacial score (nSPS) is 25.2. The highest BCUT2D eigenvalue weighted by Gasteiger charge is 2.15. The van der Waals surface area contributed by atoms with Gasteiger partial charge in [-0.25, -0.2) is 0 Å². The Morgan fingerprint density at radius 3 is 3.08 bits per heavy atom. The van der Waals surface area contributed by atoms with E-state index < -0.39 is 0 Å². The fourth-order valence-corrected chi connectivity index (χ4v) is 1.86. The number of carbonyl (C=O) groups is 1. The highest BCUT2D eigenvalue weighted by molar-refractivity contribution is 5.51. The van der Waals surface area contributed by atoms with Crippen LogP contribution >= 0.6 is 0 Å². The third-order valence-corrected chi connectivity index (χ3v) is 2.63. The van der Waals surface area contributed by atoms with E-state index in [9.17, 15) is 4.79 Å². The molecule has 0 aromatic heterocycles. The minimum absolute atomic E-state index is 0.572. The van der Waals surface area contributed by atoms with Crippen molar-refractivity contribution in [2.45, 2.75) is 26.2 Å². The van der Waals surface area contributed by atoms with Crippen molar-refractivity contribution in [3.05, 3.63) is 12.2 Å². The van der Waals surface area contributed by atoms with Crippen molar-refractivity contribution in [3.8, 4) is 0 Å². The molecule has 1 aliphatic heterocycles. The van der Waals surface area contributed by atoms with E-state index in [1.165, 1.54) is 25.9 Å². The van der Waals surface area contributed by atoms with Gasteiger partial charge in [-0.05, 0) is 31.8 Å². The zero-order chi connectivity index (χ0) is 9.52. The molecule has 0 aromatic rings. The topological polar surface area (TPSA) is 20.3 Å². The van der Waals surface area contributed by atoms with Crippen LogP contribution < -0.4 is 0 Å². The molecule has 1 fully saturated rings. The lowest BCUT2D eigenvalue weighted by molar-refractivity contribution is -0.107. The predicted molar refractivity (Wildman–Crippen MR) is 54.7 cm³/mol. The largest absolute Gasteiger partial charge is 0.303 e. The minimum Gasteiger partial charge on any atom is -0.303 e. The van der Waals surface area contributed by atoms with E-state index in [1.807, 2.05) is 6.08 Å². The van der Waals surface area contributed by atoms with E-state index in [1.54, 1.807) is 0 Å². The molecule has 1 atom stereocenters. The average Bonchev–Trinajstić information content (AvgIpc) is 2.19. The predicted octanol–water partition coefficient (Wildman–Crippen LogP) is 1.86. The molecule has 2 heteroatoms. The van der Waals surface area contributed by atoms with Crippen molar-refractivity contribution in [2.75, 3.05) is 19.6 Å². The van der Waals surface area contributed by atoms with E-state index in [2.05, 4.69) is 17.9 Å². The van der Waals surface area contributed by atoms with Crippen molar-refractivity contribution >= 4 is 6.29 Å². The van der Waals surface area contributed by atoms with Crippen LogP contribution in [0.25, 0.3) is 0 Å². The maximum Gasteiger partial charge on any atom is 0.123 e. The van der Waals surface area contributed by atoms with Gasteiger partial charge in [-0.3, -0.25) is 0 Å². The quantitative estimate of drug-likeness (QED) is 0.487. The molecule has 1 rings (SSSR count). The monoisotopic (exact) mass is 181 g/mol. The van der Waals surface area contributed by atoms with Crippen molar-refractivity contribution in [1.29, 1.82) is 0 Å². The molecular weight excluding hydrogens is 162 g/mol. The van der Waals surface area contributed by atoms with Crippen LogP contribution in [0.4, 0.5) is 0 Å². The lowest BCUT2D eigenvalue weighted by Crippen LogP contribution is -2.34. The van der Waals surface area contributed by atoms with Gasteiger partial charge in [0, 0.05) is 13.0 Å². The summed E-state index contributed by atoms with van der Waals surface area (Å²) in [6.07, 6.45) is 8.31. The second-order valence-corrected chi connectivity index (χ2v) is 3.63. The molecule has 0 aliphatic carbocycles. The lowest BCUT2D eigenvalue weighted by Gasteiger charge is -2.30. The third kappa shape index (κ3) is 3.73. The van der Waals surface area contributed by atoms with Crippen molar-refractivity contribution in [3.63, 3.8) is 0 Å².